The molecule has 2 rings (SSSR count). The van der Waals surface area contributed by atoms with Crippen molar-refractivity contribution in [3.8, 4) is 0 Å². The molecule has 1 aliphatic carbocycles. The van der Waals surface area contributed by atoms with Crippen LogP contribution < -0.4 is 5.73 Å². The Morgan fingerprint density at radius 1 is 1.25 bits per heavy atom. The van der Waals surface area contributed by atoms with Crippen molar-refractivity contribution in [3.05, 3.63) is 0 Å². The molecule has 0 spiro atoms. The average molecular weight is 228 g/mol. The van der Waals surface area contributed by atoms with Crippen molar-refractivity contribution in [1.82, 2.24) is 4.90 Å². The van der Waals surface area contributed by atoms with Crippen LogP contribution >= 0.6 is 0 Å². The van der Waals surface area contributed by atoms with Crippen LogP contribution in [-0.2, 0) is 0 Å². The molecule has 2 fully saturated rings. The Balaban J connectivity index is 1.82. The van der Waals surface area contributed by atoms with Gasteiger partial charge in [0.15, 0.2) is 0 Å². The van der Waals surface area contributed by atoms with Crippen LogP contribution in [0.15, 0.2) is 0 Å². The first-order chi connectivity index (χ1) is 7.65. The molecule has 2 aliphatic rings. The van der Waals surface area contributed by atoms with Gasteiger partial charge in [-0.3, -0.25) is 4.90 Å². The molecule has 16 heavy (non-hydrogen) atoms. The van der Waals surface area contributed by atoms with E-state index in [-0.39, 0.29) is 6.17 Å². The number of hydrogen-bond donors (Lipinski definition) is 1. The Morgan fingerprint density at radius 3 is 2.81 bits per heavy atom. The fourth-order valence-corrected chi connectivity index (χ4v) is 3.20. The van der Waals surface area contributed by atoms with Crippen LogP contribution in [0.3, 0.4) is 0 Å². The predicted octanol–water partition coefficient (Wildman–Crippen LogP) is 2.53. The molecule has 1 heterocycles. The molecule has 94 valence electrons. The van der Waals surface area contributed by atoms with Crippen LogP contribution in [0.4, 0.5) is 4.39 Å². The molecule has 1 saturated carbocycles. The van der Waals surface area contributed by atoms with Crippen molar-refractivity contribution >= 4 is 0 Å². The minimum Gasteiger partial charge on any atom is -0.316 e. The van der Waals surface area contributed by atoms with Crippen LogP contribution in [0.1, 0.15) is 45.4 Å². The molecule has 1 aliphatic heterocycles. The average Bonchev–Trinajstić information content (AvgIpc) is 2.24. The molecule has 0 aromatic carbocycles. The van der Waals surface area contributed by atoms with Crippen LogP contribution in [0.25, 0.3) is 0 Å². The van der Waals surface area contributed by atoms with Gasteiger partial charge in [-0.15, -0.1) is 0 Å². The first-order valence-electron chi connectivity index (χ1n) is 6.79. The third kappa shape index (κ3) is 3.17. The van der Waals surface area contributed by atoms with E-state index in [0.717, 1.165) is 44.7 Å². The molecular formula is C13H25FN2. The molecule has 0 bridgehead atoms. The molecule has 0 radical (unpaired) electrons. The summed E-state index contributed by atoms with van der Waals surface area (Å²) < 4.78 is 13.3. The third-order valence-corrected chi connectivity index (χ3v) is 4.18. The van der Waals surface area contributed by atoms with Crippen LogP contribution in [0.2, 0.25) is 0 Å². The van der Waals surface area contributed by atoms with Gasteiger partial charge in [-0.25, -0.2) is 4.39 Å². The predicted molar refractivity (Wildman–Crippen MR) is 64.8 cm³/mol. The summed E-state index contributed by atoms with van der Waals surface area (Å²) in [5.41, 5.74) is 6.13. The number of alkyl halides is 1. The number of halogens is 1. The van der Waals surface area contributed by atoms with Gasteiger partial charge in [0.25, 0.3) is 0 Å². The first kappa shape index (κ1) is 12.3. The van der Waals surface area contributed by atoms with Gasteiger partial charge in [0.1, 0.15) is 6.17 Å². The van der Waals surface area contributed by atoms with Gasteiger partial charge in [-0.2, -0.15) is 0 Å². The maximum Gasteiger partial charge on any atom is 0.100 e. The molecule has 0 aromatic rings. The smallest absolute Gasteiger partial charge is 0.100 e. The second-order valence-electron chi connectivity index (χ2n) is 5.83. The Labute approximate surface area is 98.4 Å². The zero-order valence-electron chi connectivity index (χ0n) is 10.4. The van der Waals surface area contributed by atoms with Crippen molar-refractivity contribution in [2.24, 2.45) is 17.6 Å². The molecular weight excluding hydrogens is 203 g/mol. The van der Waals surface area contributed by atoms with Crippen molar-refractivity contribution in [2.45, 2.75) is 57.8 Å². The number of piperidine rings is 1. The molecule has 2 nitrogen and oxygen atoms in total. The normalized spacial score (nSPS) is 42.2. The lowest BCUT2D eigenvalue weighted by Gasteiger charge is -2.39. The minimum atomic E-state index is -0.558. The third-order valence-electron chi connectivity index (χ3n) is 4.18. The maximum atomic E-state index is 13.3. The molecule has 0 aromatic heterocycles. The van der Waals surface area contributed by atoms with Gasteiger partial charge in [0, 0.05) is 13.1 Å². The lowest BCUT2D eigenvalue weighted by molar-refractivity contribution is 0.0763. The summed E-state index contributed by atoms with van der Waals surface area (Å²) in [4.78, 5) is 2.39. The summed E-state index contributed by atoms with van der Waals surface area (Å²) >= 11 is 0. The molecule has 3 heteroatoms. The number of hydrogen-bond acceptors (Lipinski definition) is 2. The number of nitrogens with two attached hydrogens (primary N) is 1. The second-order valence-corrected chi connectivity index (χ2v) is 5.83. The van der Waals surface area contributed by atoms with Gasteiger partial charge >= 0.3 is 0 Å². The van der Waals surface area contributed by atoms with Gasteiger partial charge in [0.2, 0.25) is 0 Å². The molecule has 1 saturated heterocycles. The van der Waals surface area contributed by atoms with Gasteiger partial charge in [-0.05, 0) is 43.9 Å². The monoisotopic (exact) mass is 228 g/mol. The zero-order chi connectivity index (χ0) is 11.5. The van der Waals surface area contributed by atoms with E-state index in [4.69, 9.17) is 5.73 Å². The Morgan fingerprint density at radius 2 is 2.06 bits per heavy atom. The highest BCUT2D eigenvalue weighted by molar-refractivity contribution is 4.81. The lowest BCUT2D eigenvalue weighted by atomic mass is 9.86. The standard InChI is InChI=1S/C13H25FN2/c1-10-5-6-13(15)16(8-10)9-11-3-2-4-12(14)7-11/h10-13H,2-9,15H2,1H3. The lowest BCUT2D eigenvalue weighted by Crippen LogP contribution is -2.50. The van der Waals surface area contributed by atoms with Gasteiger partial charge in [-0.1, -0.05) is 13.3 Å². The van der Waals surface area contributed by atoms with Gasteiger partial charge < -0.3 is 5.73 Å². The van der Waals surface area contributed by atoms with E-state index in [9.17, 15) is 4.39 Å². The maximum absolute atomic E-state index is 13.3. The van der Waals surface area contributed by atoms with E-state index in [1.54, 1.807) is 0 Å². The van der Waals surface area contributed by atoms with Crippen molar-refractivity contribution < 1.29 is 4.39 Å². The van der Waals surface area contributed by atoms with Crippen LogP contribution in [-0.4, -0.2) is 30.3 Å². The number of rotatable bonds is 2. The summed E-state index contributed by atoms with van der Waals surface area (Å²) in [6.45, 7) is 4.41. The Bertz CT molecular complexity index is 222. The van der Waals surface area contributed by atoms with E-state index in [1.807, 2.05) is 0 Å². The van der Waals surface area contributed by atoms with Crippen LogP contribution in [0.5, 0.6) is 0 Å². The molecule has 4 atom stereocenters. The summed E-state index contributed by atoms with van der Waals surface area (Å²) in [7, 11) is 0. The second kappa shape index (κ2) is 5.46. The SMILES string of the molecule is CC1CCC(N)N(CC2CCCC(F)C2)C1. The highest BCUT2D eigenvalue weighted by Gasteiger charge is 2.28. The minimum absolute atomic E-state index is 0.219. The van der Waals surface area contributed by atoms with E-state index < -0.39 is 6.17 Å². The number of likely N-dealkylation sites (tertiary alicyclic amines) is 1. The fraction of sp³-hybridized carbons (Fsp3) is 1.00. The summed E-state index contributed by atoms with van der Waals surface area (Å²) in [5, 5.41) is 0. The van der Waals surface area contributed by atoms with Crippen molar-refractivity contribution in [1.29, 1.82) is 0 Å². The zero-order valence-corrected chi connectivity index (χ0v) is 10.4. The Kier molecular flexibility index (Phi) is 4.20. The number of nitrogens with zero attached hydrogens (tertiary/aromatic N) is 1. The highest BCUT2D eigenvalue weighted by atomic mass is 19.1. The van der Waals surface area contributed by atoms with Crippen molar-refractivity contribution in [2.75, 3.05) is 13.1 Å². The largest absolute Gasteiger partial charge is 0.316 e. The van der Waals surface area contributed by atoms with E-state index in [2.05, 4.69) is 11.8 Å². The van der Waals surface area contributed by atoms with E-state index >= 15 is 0 Å². The summed E-state index contributed by atoms with van der Waals surface area (Å²) in [6.07, 6.45) is 5.80. The van der Waals surface area contributed by atoms with E-state index in [0.29, 0.717) is 5.92 Å². The molecule has 0 amide bonds. The first-order valence-corrected chi connectivity index (χ1v) is 6.79. The van der Waals surface area contributed by atoms with E-state index in [1.165, 1.54) is 12.8 Å². The Hall–Kier alpha value is -0.150. The fourth-order valence-electron chi connectivity index (χ4n) is 3.20. The summed E-state index contributed by atoms with van der Waals surface area (Å²) in [5.74, 6) is 1.30. The topological polar surface area (TPSA) is 29.3 Å². The van der Waals surface area contributed by atoms with Gasteiger partial charge in [0.05, 0.1) is 6.17 Å². The summed E-state index contributed by atoms with van der Waals surface area (Å²) in [6, 6.07) is 0. The molecule has 4 unspecified atom stereocenters. The van der Waals surface area contributed by atoms with Crippen LogP contribution in [0, 0.1) is 11.8 Å². The highest BCUT2D eigenvalue weighted by Crippen LogP contribution is 2.29. The quantitative estimate of drug-likeness (QED) is 0.787. The van der Waals surface area contributed by atoms with Crippen molar-refractivity contribution in [3.63, 3.8) is 0 Å². The molecule has 2 N–H and O–H groups in total.